The van der Waals surface area contributed by atoms with Crippen molar-refractivity contribution < 1.29 is 18.0 Å². The van der Waals surface area contributed by atoms with Crippen molar-refractivity contribution in [2.45, 2.75) is 6.18 Å². The van der Waals surface area contributed by atoms with Gasteiger partial charge in [-0.25, -0.2) is 4.68 Å². The molecule has 2 rings (SSSR count). The van der Waals surface area contributed by atoms with Gasteiger partial charge in [-0.05, 0) is 6.07 Å². The lowest BCUT2D eigenvalue weighted by atomic mass is 10.2. The molecule has 2 aromatic heterocycles. The van der Waals surface area contributed by atoms with E-state index < -0.39 is 23.3 Å². The van der Waals surface area contributed by atoms with Crippen molar-refractivity contribution in [2.24, 2.45) is 5.73 Å². The van der Waals surface area contributed by atoms with Crippen molar-refractivity contribution >= 4 is 5.91 Å². The van der Waals surface area contributed by atoms with Gasteiger partial charge >= 0.3 is 6.18 Å². The summed E-state index contributed by atoms with van der Waals surface area (Å²) in [5.41, 5.74) is 2.56. The van der Waals surface area contributed by atoms with Gasteiger partial charge in [-0.1, -0.05) is 0 Å². The maximum absolute atomic E-state index is 13.1. The van der Waals surface area contributed by atoms with Crippen molar-refractivity contribution in [3.05, 3.63) is 41.5 Å². The fourth-order valence-electron chi connectivity index (χ4n) is 1.64. The van der Waals surface area contributed by atoms with Gasteiger partial charge in [0.2, 0.25) is 0 Å². The third kappa shape index (κ3) is 2.18. The summed E-state index contributed by atoms with van der Waals surface area (Å²) in [6, 6.07) is 2.89. The third-order valence-electron chi connectivity index (χ3n) is 2.45. The molecule has 0 aliphatic heterocycles. The molecule has 6 nitrogen and oxygen atoms in total. The predicted molar refractivity (Wildman–Crippen MR) is 59.6 cm³/mol. The van der Waals surface area contributed by atoms with E-state index in [1.165, 1.54) is 12.3 Å². The van der Waals surface area contributed by atoms with E-state index in [4.69, 9.17) is 11.0 Å². The Bertz CT molecular complexity index is 714. The highest BCUT2D eigenvalue weighted by molar-refractivity contribution is 5.94. The average Bonchev–Trinajstić information content (AvgIpc) is 2.83. The van der Waals surface area contributed by atoms with E-state index in [1.807, 2.05) is 0 Å². The van der Waals surface area contributed by atoms with Crippen LogP contribution in [0.2, 0.25) is 0 Å². The molecule has 2 aromatic rings. The number of amides is 1. The summed E-state index contributed by atoms with van der Waals surface area (Å²) in [6.45, 7) is 0. The minimum atomic E-state index is -4.85. The number of nitrogens with zero attached hydrogens (tertiary/aromatic N) is 4. The molecule has 0 fully saturated rings. The number of carbonyl (C=O) groups is 1. The topological polar surface area (TPSA) is 97.6 Å². The predicted octanol–water partition coefficient (Wildman–Crippen LogP) is 1.26. The van der Waals surface area contributed by atoms with E-state index in [-0.39, 0.29) is 11.3 Å². The molecule has 0 bridgehead atoms. The number of halogens is 3. The van der Waals surface area contributed by atoms with Gasteiger partial charge in [-0.3, -0.25) is 9.78 Å². The summed E-state index contributed by atoms with van der Waals surface area (Å²) in [5, 5.41) is 12.4. The molecule has 1 amide bonds. The maximum Gasteiger partial charge on any atom is 0.434 e. The highest BCUT2D eigenvalue weighted by atomic mass is 19.4. The lowest BCUT2D eigenvalue weighted by Crippen LogP contribution is -2.21. The second-order valence-electron chi connectivity index (χ2n) is 3.69. The quantitative estimate of drug-likeness (QED) is 0.895. The summed E-state index contributed by atoms with van der Waals surface area (Å²) in [5.74, 6) is -1.25. The Hall–Kier alpha value is -2.89. The first kappa shape index (κ1) is 13.5. The molecule has 0 spiro atoms. The van der Waals surface area contributed by atoms with Crippen LogP contribution in [0.25, 0.3) is 5.69 Å². The Morgan fingerprint density at radius 3 is 2.65 bits per heavy atom. The van der Waals surface area contributed by atoms with E-state index in [1.54, 1.807) is 6.07 Å². The van der Waals surface area contributed by atoms with Gasteiger partial charge in [0.25, 0.3) is 5.91 Å². The van der Waals surface area contributed by atoms with Gasteiger partial charge in [0.1, 0.15) is 6.07 Å². The van der Waals surface area contributed by atoms with Crippen LogP contribution in [0.15, 0.2) is 24.7 Å². The lowest BCUT2D eigenvalue weighted by molar-refractivity contribution is -0.143. The Labute approximate surface area is 110 Å². The van der Waals surface area contributed by atoms with Crippen molar-refractivity contribution in [2.75, 3.05) is 0 Å². The minimum Gasteiger partial charge on any atom is -0.365 e. The Morgan fingerprint density at radius 1 is 1.40 bits per heavy atom. The molecule has 0 unspecified atom stereocenters. The van der Waals surface area contributed by atoms with Crippen LogP contribution in [0, 0.1) is 11.3 Å². The highest BCUT2D eigenvalue weighted by Gasteiger charge is 2.40. The number of pyridine rings is 1. The van der Waals surface area contributed by atoms with Gasteiger partial charge in [0.05, 0.1) is 23.0 Å². The molecular formula is C11H6F3N5O. The second kappa shape index (κ2) is 4.65. The van der Waals surface area contributed by atoms with Gasteiger partial charge in [-0.15, -0.1) is 0 Å². The number of nitriles is 1. The number of aromatic nitrogens is 3. The van der Waals surface area contributed by atoms with Crippen molar-refractivity contribution in [1.29, 1.82) is 5.26 Å². The normalized spacial score (nSPS) is 11.1. The third-order valence-corrected chi connectivity index (χ3v) is 2.45. The van der Waals surface area contributed by atoms with Gasteiger partial charge in [0, 0.05) is 12.4 Å². The van der Waals surface area contributed by atoms with Crippen LogP contribution in [0.4, 0.5) is 13.2 Å². The first-order chi connectivity index (χ1) is 9.36. The van der Waals surface area contributed by atoms with Crippen LogP contribution in [0.5, 0.6) is 0 Å². The SMILES string of the molecule is N#Cc1cnccc1-n1ncc(C(N)=O)c1C(F)(F)F. The van der Waals surface area contributed by atoms with Crippen molar-refractivity contribution in [3.63, 3.8) is 0 Å². The van der Waals surface area contributed by atoms with E-state index in [9.17, 15) is 18.0 Å². The molecule has 0 aromatic carbocycles. The van der Waals surface area contributed by atoms with Gasteiger partial charge in [-0.2, -0.15) is 23.5 Å². The summed E-state index contributed by atoms with van der Waals surface area (Å²) in [4.78, 5) is 14.7. The summed E-state index contributed by atoms with van der Waals surface area (Å²) < 4.78 is 39.6. The lowest BCUT2D eigenvalue weighted by Gasteiger charge is -2.12. The molecule has 2 heterocycles. The smallest absolute Gasteiger partial charge is 0.365 e. The number of hydrogen-bond donors (Lipinski definition) is 1. The molecule has 9 heteroatoms. The summed E-state index contributed by atoms with van der Waals surface area (Å²) in [7, 11) is 0. The molecule has 0 atom stereocenters. The minimum absolute atomic E-state index is 0.114. The van der Waals surface area contributed by atoms with E-state index in [0.29, 0.717) is 10.9 Å². The van der Waals surface area contributed by atoms with Crippen molar-refractivity contribution in [3.8, 4) is 11.8 Å². The largest absolute Gasteiger partial charge is 0.434 e. The number of hydrogen-bond acceptors (Lipinski definition) is 4. The zero-order chi connectivity index (χ0) is 14.9. The Balaban J connectivity index is 2.77. The van der Waals surface area contributed by atoms with E-state index >= 15 is 0 Å². The first-order valence-electron chi connectivity index (χ1n) is 5.15. The monoisotopic (exact) mass is 281 g/mol. The first-order valence-corrected chi connectivity index (χ1v) is 5.15. The standard InChI is InChI=1S/C11H6F3N5O/c12-11(13,14)9-7(10(16)20)5-18-19(9)8-1-2-17-4-6(8)3-15/h1-2,4-5H,(H2,16,20). The average molecular weight is 281 g/mol. The van der Waals surface area contributed by atoms with Crippen LogP contribution >= 0.6 is 0 Å². The zero-order valence-corrected chi connectivity index (χ0v) is 9.72. The molecular weight excluding hydrogens is 275 g/mol. The second-order valence-corrected chi connectivity index (χ2v) is 3.69. The highest BCUT2D eigenvalue weighted by Crippen LogP contribution is 2.33. The molecule has 0 saturated heterocycles. The molecule has 102 valence electrons. The van der Waals surface area contributed by atoms with Gasteiger partial charge < -0.3 is 5.73 Å². The number of nitrogens with two attached hydrogens (primary N) is 1. The molecule has 0 aliphatic rings. The zero-order valence-electron chi connectivity index (χ0n) is 9.72. The molecule has 0 aliphatic carbocycles. The summed E-state index contributed by atoms with van der Waals surface area (Å²) in [6.07, 6.45) is -1.83. The molecule has 0 saturated carbocycles. The van der Waals surface area contributed by atoms with Crippen LogP contribution in [-0.4, -0.2) is 20.7 Å². The van der Waals surface area contributed by atoms with Crippen LogP contribution in [-0.2, 0) is 6.18 Å². The van der Waals surface area contributed by atoms with E-state index in [0.717, 1.165) is 6.20 Å². The number of rotatable bonds is 2. The van der Waals surface area contributed by atoms with Crippen LogP contribution < -0.4 is 5.73 Å². The number of primary amides is 1. The summed E-state index contributed by atoms with van der Waals surface area (Å²) >= 11 is 0. The number of carbonyl (C=O) groups excluding carboxylic acids is 1. The molecule has 20 heavy (non-hydrogen) atoms. The Kier molecular flexibility index (Phi) is 3.15. The van der Waals surface area contributed by atoms with Crippen LogP contribution in [0.3, 0.4) is 0 Å². The maximum atomic E-state index is 13.1. The Morgan fingerprint density at radius 2 is 2.10 bits per heavy atom. The molecule has 2 N–H and O–H groups in total. The van der Waals surface area contributed by atoms with Gasteiger partial charge in [0.15, 0.2) is 5.69 Å². The molecule has 0 radical (unpaired) electrons. The fourth-order valence-corrected chi connectivity index (χ4v) is 1.64. The fraction of sp³-hybridized carbons (Fsp3) is 0.0909. The van der Waals surface area contributed by atoms with E-state index in [2.05, 4.69) is 10.1 Å². The number of alkyl halides is 3. The van der Waals surface area contributed by atoms with Crippen LogP contribution in [0.1, 0.15) is 21.6 Å². The van der Waals surface area contributed by atoms with Crippen molar-refractivity contribution in [1.82, 2.24) is 14.8 Å².